The van der Waals surface area contributed by atoms with E-state index in [0.717, 1.165) is 43.5 Å². The van der Waals surface area contributed by atoms with Gasteiger partial charge >= 0.3 is 5.97 Å². The van der Waals surface area contributed by atoms with Gasteiger partial charge in [-0.2, -0.15) is 0 Å². The first-order chi connectivity index (χ1) is 13.2. The van der Waals surface area contributed by atoms with E-state index in [2.05, 4.69) is 15.6 Å². The van der Waals surface area contributed by atoms with E-state index >= 15 is 0 Å². The lowest BCUT2D eigenvalue weighted by molar-refractivity contribution is -0.143. The molecule has 2 N–H and O–H groups in total. The largest absolute Gasteiger partial charge is 0.497 e. The predicted molar refractivity (Wildman–Crippen MR) is 123 cm³/mol. The molecule has 0 saturated carbocycles. The summed E-state index contributed by atoms with van der Waals surface area (Å²) in [6.45, 7) is 7.64. The maximum atomic E-state index is 11.4. The van der Waals surface area contributed by atoms with Gasteiger partial charge in [-0.25, -0.2) is 4.99 Å². The van der Waals surface area contributed by atoms with Crippen LogP contribution in [-0.4, -0.2) is 51.9 Å². The summed E-state index contributed by atoms with van der Waals surface area (Å²) in [5.74, 6) is 1.39. The van der Waals surface area contributed by atoms with Crippen LogP contribution < -0.4 is 15.4 Å². The summed E-state index contributed by atoms with van der Waals surface area (Å²) in [5, 5.41) is 6.57. The van der Waals surface area contributed by atoms with Crippen molar-refractivity contribution in [1.29, 1.82) is 0 Å². The van der Waals surface area contributed by atoms with Crippen LogP contribution in [0.15, 0.2) is 29.3 Å². The van der Waals surface area contributed by atoms with Gasteiger partial charge < -0.3 is 24.8 Å². The van der Waals surface area contributed by atoms with Crippen LogP contribution in [0.1, 0.15) is 38.7 Å². The molecule has 0 aliphatic rings. The molecule has 0 spiro atoms. The number of esters is 1. The van der Waals surface area contributed by atoms with Crippen LogP contribution >= 0.6 is 24.0 Å². The zero-order valence-corrected chi connectivity index (χ0v) is 19.5. The maximum absolute atomic E-state index is 11.4. The van der Waals surface area contributed by atoms with Crippen LogP contribution in [0.5, 0.6) is 5.75 Å². The molecule has 0 bridgehead atoms. The van der Waals surface area contributed by atoms with E-state index in [9.17, 15) is 4.79 Å². The standard InChI is InChI=1S/C20H33N3O4.HI/c1-4-26-15-7-14-22-20(21-13-6-8-19(24)27-5-2)23-16-17-9-11-18(25-3)12-10-17;/h9-12H,4-8,13-16H2,1-3H3,(H2,21,22,23);1H. The average molecular weight is 507 g/mol. The van der Waals surface area contributed by atoms with Gasteiger partial charge in [0, 0.05) is 32.7 Å². The summed E-state index contributed by atoms with van der Waals surface area (Å²) in [6.07, 6.45) is 2.00. The number of rotatable bonds is 13. The second-order valence-corrected chi connectivity index (χ2v) is 5.83. The van der Waals surface area contributed by atoms with Crippen LogP contribution in [0.4, 0.5) is 0 Å². The number of benzene rings is 1. The molecule has 0 saturated heterocycles. The summed E-state index contributed by atoms with van der Waals surface area (Å²) in [5.41, 5.74) is 1.10. The molecule has 0 radical (unpaired) electrons. The van der Waals surface area contributed by atoms with Crippen LogP contribution in [0.2, 0.25) is 0 Å². The number of ether oxygens (including phenoxy) is 3. The Hall–Kier alpha value is -1.55. The zero-order chi connectivity index (χ0) is 19.7. The SMILES string of the molecule is CCOCCCNC(=NCc1ccc(OC)cc1)NCCCC(=O)OCC.I. The lowest BCUT2D eigenvalue weighted by atomic mass is 10.2. The van der Waals surface area contributed by atoms with Crippen molar-refractivity contribution in [1.82, 2.24) is 10.6 Å². The van der Waals surface area contributed by atoms with Crippen molar-refractivity contribution in [2.75, 3.05) is 40.0 Å². The lowest BCUT2D eigenvalue weighted by Crippen LogP contribution is -2.38. The van der Waals surface area contributed by atoms with Crippen molar-refractivity contribution >= 4 is 35.9 Å². The van der Waals surface area contributed by atoms with E-state index in [0.29, 0.717) is 32.5 Å². The summed E-state index contributed by atoms with van der Waals surface area (Å²) in [7, 11) is 1.65. The van der Waals surface area contributed by atoms with E-state index in [4.69, 9.17) is 14.2 Å². The molecule has 28 heavy (non-hydrogen) atoms. The van der Waals surface area contributed by atoms with E-state index in [-0.39, 0.29) is 29.9 Å². The Morgan fingerprint density at radius 1 is 1.04 bits per heavy atom. The topological polar surface area (TPSA) is 81.2 Å². The molecule has 0 unspecified atom stereocenters. The van der Waals surface area contributed by atoms with Crippen molar-refractivity contribution in [2.24, 2.45) is 4.99 Å². The number of hydrogen-bond donors (Lipinski definition) is 2. The number of methoxy groups -OCH3 is 1. The van der Waals surface area contributed by atoms with E-state index in [1.807, 2.05) is 38.1 Å². The van der Waals surface area contributed by atoms with Crippen LogP contribution in [0.3, 0.4) is 0 Å². The Labute approximate surface area is 185 Å². The number of halogens is 1. The highest BCUT2D eigenvalue weighted by atomic mass is 127. The quantitative estimate of drug-likeness (QED) is 0.140. The van der Waals surface area contributed by atoms with Crippen molar-refractivity contribution in [2.45, 2.75) is 39.7 Å². The summed E-state index contributed by atoms with van der Waals surface area (Å²) in [4.78, 5) is 16.0. The molecule has 1 aromatic rings. The number of nitrogens with zero attached hydrogens (tertiary/aromatic N) is 1. The second kappa shape index (κ2) is 17.5. The molecule has 0 aliphatic heterocycles. The van der Waals surface area contributed by atoms with Gasteiger partial charge in [-0.3, -0.25) is 4.79 Å². The molecule has 160 valence electrons. The van der Waals surface area contributed by atoms with Crippen molar-refractivity contribution < 1.29 is 19.0 Å². The first kappa shape index (κ1) is 26.4. The fourth-order valence-corrected chi connectivity index (χ4v) is 2.27. The van der Waals surface area contributed by atoms with Gasteiger partial charge in [-0.1, -0.05) is 12.1 Å². The molecular formula is C20H34IN3O4. The predicted octanol–water partition coefficient (Wildman–Crippen LogP) is 3.12. The third kappa shape index (κ3) is 12.8. The summed E-state index contributed by atoms with van der Waals surface area (Å²) in [6, 6.07) is 7.84. The average Bonchev–Trinajstić information content (AvgIpc) is 2.69. The van der Waals surface area contributed by atoms with E-state index < -0.39 is 0 Å². The van der Waals surface area contributed by atoms with Gasteiger partial charge in [0.25, 0.3) is 0 Å². The molecular weight excluding hydrogens is 473 g/mol. The Morgan fingerprint density at radius 3 is 2.32 bits per heavy atom. The number of carbonyl (C=O) groups excluding carboxylic acids is 1. The molecule has 7 nitrogen and oxygen atoms in total. The van der Waals surface area contributed by atoms with Crippen LogP contribution in [0, 0.1) is 0 Å². The zero-order valence-electron chi connectivity index (χ0n) is 17.2. The Balaban J connectivity index is 0.00000729. The highest BCUT2D eigenvalue weighted by Crippen LogP contribution is 2.11. The van der Waals surface area contributed by atoms with E-state index in [1.54, 1.807) is 7.11 Å². The molecule has 0 aromatic heterocycles. The highest BCUT2D eigenvalue weighted by molar-refractivity contribution is 14.0. The van der Waals surface area contributed by atoms with Crippen molar-refractivity contribution in [3.05, 3.63) is 29.8 Å². The van der Waals surface area contributed by atoms with Gasteiger partial charge in [0.1, 0.15) is 5.75 Å². The smallest absolute Gasteiger partial charge is 0.305 e. The molecule has 0 amide bonds. The Kier molecular flexibility index (Phi) is 16.6. The summed E-state index contributed by atoms with van der Waals surface area (Å²) >= 11 is 0. The third-order valence-electron chi connectivity index (χ3n) is 3.70. The number of carbonyl (C=O) groups is 1. The monoisotopic (exact) mass is 507 g/mol. The van der Waals surface area contributed by atoms with Crippen molar-refractivity contribution in [3.63, 3.8) is 0 Å². The van der Waals surface area contributed by atoms with Gasteiger partial charge in [0.15, 0.2) is 5.96 Å². The molecule has 1 aromatic carbocycles. The molecule has 0 atom stereocenters. The van der Waals surface area contributed by atoms with Crippen LogP contribution in [-0.2, 0) is 20.8 Å². The minimum Gasteiger partial charge on any atom is -0.497 e. The minimum absolute atomic E-state index is 0. The van der Waals surface area contributed by atoms with E-state index in [1.165, 1.54) is 0 Å². The Bertz CT molecular complexity index is 553. The van der Waals surface area contributed by atoms with Crippen LogP contribution in [0.25, 0.3) is 0 Å². The van der Waals surface area contributed by atoms with Gasteiger partial charge in [0.05, 0.1) is 20.3 Å². The molecule has 0 heterocycles. The van der Waals surface area contributed by atoms with Crippen molar-refractivity contribution in [3.8, 4) is 5.75 Å². The molecule has 0 aliphatic carbocycles. The minimum atomic E-state index is -0.166. The fraction of sp³-hybridized carbons (Fsp3) is 0.600. The number of nitrogens with one attached hydrogen (secondary N) is 2. The number of guanidine groups is 1. The van der Waals surface area contributed by atoms with Gasteiger partial charge in [-0.05, 0) is 44.4 Å². The lowest BCUT2D eigenvalue weighted by Gasteiger charge is -2.13. The molecule has 8 heteroatoms. The number of hydrogen-bond acceptors (Lipinski definition) is 5. The Morgan fingerprint density at radius 2 is 1.71 bits per heavy atom. The first-order valence-corrected chi connectivity index (χ1v) is 9.58. The van der Waals surface area contributed by atoms with Gasteiger partial charge in [-0.15, -0.1) is 24.0 Å². The maximum Gasteiger partial charge on any atom is 0.305 e. The van der Waals surface area contributed by atoms with Gasteiger partial charge in [0.2, 0.25) is 0 Å². The molecule has 0 fully saturated rings. The highest BCUT2D eigenvalue weighted by Gasteiger charge is 2.03. The number of aliphatic imine (C=N–C) groups is 1. The second-order valence-electron chi connectivity index (χ2n) is 5.83. The fourth-order valence-electron chi connectivity index (χ4n) is 2.27. The summed E-state index contributed by atoms with van der Waals surface area (Å²) < 4.78 is 15.5. The first-order valence-electron chi connectivity index (χ1n) is 9.58. The molecule has 1 rings (SSSR count). The third-order valence-corrected chi connectivity index (χ3v) is 3.70. The normalized spacial score (nSPS) is 10.8.